The molecular formula is C12H14BrNS. The molecule has 1 atom stereocenters. The lowest BCUT2D eigenvalue weighted by Gasteiger charge is -2.46. The van der Waals surface area contributed by atoms with Gasteiger partial charge < -0.3 is 5.73 Å². The van der Waals surface area contributed by atoms with E-state index in [0.29, 0.717) is 4.75 Å². The van der Waals surface area contributed by atoms with Crippen molar-refractivity contribution in [3.05, 3.63) is 28.2 Å². The number of fused-ring (bicyclic) bond motifs is 1. The number of hydrogen-bond acceptors (Lipinski definition) is 2. The molecule has 1 aromatic carbocycles. The number of rotatable bonds is 0. The topological polar surface area (TPSA) is 26.0 Å². The molecule has 0 saturated heterocycles. The summed E-state index contributed by atoms with van der Waals surface area (Å²) in [6, 6.07) is 6.73. The molecular weight excluding hydrogens is 270 g/mol. The van der Waals surface area contributed by atoms with Crippen molar-refractivity contribution in [3.8, 4) is 0 Å². The van der Waals surface area contributed by atoms with Gasteiger partial charge in [-0.15, -0.1) is 11.8 Å². The molecule has 3 rings (SSSR count). The van der Waals surface area contributed by atoms with Gasteiger partial charge in [0.05, 0.1) is 0 Å². The highest BCUT2D eigenvalue weighted by atomic mass is 79.9. The second kappa shape index (κ2) is 3.51. The smallest absolute Gasteiger partial charge is 0.0319 e. The first-order valence-corrected chi connectivity index (χ1v) is 7.04. The maximum atomic E-state index is 6.25. The van der Waals surface area contributed by atoms with Crippen LogP contribution in [0, 0.1) is 0 Å². The Bertz CT molecular complexity index is 401. The molecule has 0 amide bonds. The minimum atomic E-state index is 0.245. The molecule has 1 saturated carbocycles. The first-order valence-electron chi connectivity index (χ1n) is 5.43. The van der Waals surface area contributed by atoms with Crippen LogP contribution < -0.4 is 5.73 Å². The average Bonchev–Trinajstić information content (AvgIpc) is 2.14. The van der Waals surface area contributed by atoms with Crippen molar-refractivity contribution in [1.29, 1.82) is 0 Å². The molecule has 1 fully saturated rings. The van der Waals surface area contributed by atoms with Gasteiger partial charge in [-0.2, -0.15) is 0 Å². The van der Waals surface area contributed by atoms with Crippen LogP contribution in [0.3, 0.4) is 0 Å². The van der Waals surface area contributed by atoms with Gasteiger partial charge in [0.1, 0.15) is 0 Å². The maximum absolute atomic E-state index is 6.25. The van der Waals surface area contributed by atoms with Crippen LogP contribution in [-0.4, -0.2) is 4.75 Å². The highest BCUT2D eigenvalue weighted by molar-refractivity contribution is 9.10. The molecule has 0 radical (unpaired) electrons. The van der Waals surface area contributed by atoms with E-state index >= 15 is 0 Å². The molecule has 2 N–H and O–H groups in total. The van der Waals surface area contributed by atoms with Crippen LogP contribution in [-0.2, 0) is 0 Å². The Kier molecular flexibility index (Phi) is 2.38. The van der Waals surface area contributed by atoms with E-state index in [9.17, 15) is 0 Å². The summed E-state index contributed by atoms with van der Waals surface area (Å²) in [5, 5.41) is 0. The number of hydrogen-bond donors (Lipinski definition) is 1. The molecule has 1 aliphatic carbocycles. The zero-order valence-electron chi connectivity index (χ0n) is 8.50. The molecule has 1 aromatic rings. The molecule has 2 aliphatic rings. The summed E-state index contributed by atoms with van der Waals surface area (Å²) in [7, 11) is 0. The minimum Gasteiger partial charge on any atom is -0.324 e. The highest BCUT2D eigenvalue weighted by Crippen LogP contribution is 2.56. The molecule has 1 nitrogen and oxygen atoms in total. The zero-order chi connectivity index (χ0) is 10.5. The van der Waals surface area contributed by atoms with Crippen LogP contribution in [0.15, 0.2) is 27.6 Å². The Morgan fingerprint density at radius 3 is 2.87 bits per heavy atom. The number of thioether (sulfide) groups is 1. The molecule has 0 aromatic heterocycles. The van der Waals surface area contributed by atoms with E-state index in [0.717, 1.165) is 10.9 Å². The summed E-state index contributed by atoms with van der Waals surface area (Å²) in [6.45, 7) is 0. The standard InChI is InChI=1S/C12H14BrNS/c13-8-2-3-9-10(14)7-12(4-1-5-12)15-11(9)6-8/h2-3,6,10H,1,4-5,7,14H2. The Balaban J connectivity index is 2.01. The molecule has 3 heteroatoms. The van der Waals surface area contributed by atoms with Crippen molar-refractivity contribution in [2.45, 2.75) is 41.4 Å². The quantitative estimate of drug-likeness (QED) is 0.782. The minimum absolute atomic E-state index is 0.245. The Hall–Kier alpha value is 0.01000. The number of halogens is 1. The van der Waals surface area contributed by atoms with Crippen LogP contribution in [0.5, 0.6) is 0 Å². The fourth-order valence-corrected chi connectivity index (χ4v) is 4.82. The van der Waals surface area contributed by atoms with Crippen LogP contribution >= 0.6 is 27.7 Å². The van der Waals surface area contributed by atoms with Crippen LogP contribution in [0.4, 0.5) is 0 Å². The largest absolute Gasteiger partial charge is 0.324 e. The van der Waals surface area contributed by atoms with Gasteiger partial charge in [-0.25, -0.2) is 0 Å². The molecule has 1 spiro atoms. The lowest BCUT2D eigenvalue weighted by Crippen LogP contribution is -2.39. The van der Waals surface area contributed by atoms with Gasteiger partial charge in [0.15, 0.2) is 0 Å². The summed E-state index contributed by atoms with van der Waals surface area (Å²) < 4.78 is 1.64. The van der Waals surface area contributed by atoms with E-state index in [1.807, 2.05) is 0 Å². The maximum Gasteiger partial charge on any atom is 0.0319 e. The van der Waals surface area contributed by atoms with Gasteiger partial charge in [-0.1, -0.05) is 28.4 Å². The van der Waals surface area contributed by atoms with Gasteiger partial charge in [0.2, 0.25) is 0 Å². The van der Waals surface area contributed by atoms with E-state index in [1.54, 1.807) is 0 Å². The lowest BCUT2D eigenvalue weighted by atomic mass is 9.78. The van der Waals surface area contributed by atoms with Gasteiger partial charge in [0.25, 0.3) is 0 Å². The summed E-state index contributed by atoms with van der Waals surface area (Å²) in [5.74, 6) is 0. The monoisotopic (exact) mass is 283 g/mol. The van der Waals surface area contributed by atoms with Crippen molar-refractivity contribution >= 4 is 27.7 Å². The third kappa shape index (κ3) is 1.65. The van der Waals surface area contributed by atoms with Crippen LogP contribution in [0.1, 0.15) is 37.3 Å². The first kappa shape index (κ1) is 10.2. The number of benzene rings is 1. The summed E-state index contributed by atoms with van der Waals surface area (Å²) in [4.78, 5) is 1.39. The fourth-order valence-electron chi connectivity index (χ4n) is 2.57. The molecule has 1 unspecified atom stereocenters. The lowest BCUT2D eigenvalue weighted by molar-refractivity contribution is 0.314. The van der Waals surface area contributed by atoms with Crippen molar-refractivity contribution < 1.29 is 0 Å². The Morgan fingerprint density at radius 1 is 1.40 bits per heavy atom. The molecule has 15 heavy (non-hydrogen) atoms. The highest BCUT2D eigenvalue weighted by Gasteiger charge is 2.43. The number of nitrogens with two attached hydrogens (primary N) is 1. The van der Waals surface area contributed by atoms with Crippen LogP contribution in [0.25, 0.3) is 0 Å². The predicted octanol–water partition coefficient (Wildman–Crippen LogP) is 3.87. The second-order valence-electron chi connectivity index (χ2n) is 4.63. The molecule has 1 aliphatic heterocycles. The van der Waals surface area contributed by atoms with E-state index in [2.05, 4.69) is 45.9 Å². The molecule has 1 heterocycles. The van der Waals surface area contributed by atoms with Gasteiger partial charge >= 0.3 is 0 Å². The van der Waals surface area contributed by atoms with Crippen molar-refractivity contribution in [1.82, 2.24) is 0 Å². The van der Waals surface area contributed by atoms with E-state index in [-0.39, 0.29) is 6.04 Å². The van der Waals surface area contributed by atoms with E-state index in [1.165, 1.54) is 29.7 Å². The molecule has 0 bridgehead atoms. The van der Waals surface area contributed by atoms with Crippen molar-refractivity contribution in [3.63, 3.8) is 0 Å². The first-order chi connectivity index (χ1) is 7.19. The summed E-state index contributed by atoms with van der Waals surface area (Å²) >= 11 is 5.59. The average molecular weight is 284 g/mol. The van der Waals surface area contributed by atoms with Gasteiger partial charge in [0, 0.05) is 20.2 Å². The third-order valence-corrected chi connectivity index (χ3v) is 5.63. The van der Waals surface area contributed by atoms with Crippen LogP contribution in [0.2, 0.25) is 0 Å². The van der Waals surface area contributed by atoms with Crippen molar-refractivity contribution in [2.75, 3.05) is 0 Å². The summed E-state index contributed by atoms with van der Waals surface area (Å²) in [5.41, 5.74) is 7.59. The van der Waals surface area contributed by atoms with Crippen molar-refractivity contribution in [2.24, 2.45) is 5.73 Å². The SMILES string of the molecule is NC1CC2(CCC2)Sc2cc(Br)ccc21. The third-order valence-electron chi connectivity index (χ3n) is 3.56. The van der Waals surface area contributed by atoms with E-state index < -0.39 is 0 Å². The van der Waals surface area contributed by atoms with E-state index in [4.69, 9.17) is 5.73 Å². The van der Waals surface area contributed by atoms with Gasteiger partial charge in [-0.05, 0) is 37.0 Å². The van der Waals surface area contributed by atoms with Gasteiger partial charge in [-0.3, -0.25) is 0 Å². The normalized spacial score (nSPS) is 27.2. The Morgan fingerprint density at radius 2 is 2.20 bits per heavy atom. The second-order valence-corrected chi connectivity index (χ2v) is 7.06. The fraction of sp³-hybridized carbons (Fsp3) is 0.500. The summed E-state index contributed by atoms with van der Waals surface area (Å²) in [6.07, 6.45) is 5.23. The Labute approximate surface area is 103 Å². The molecule has 80 valence electrons. The predicted molar refractivity (Wildman–Crippen MR) is 68.1 cm³/mol. The zero-order valence-corrected chi connectivity index (χ0v) is 10.9.